The van der Waals surface area contributed by atoms with Gasteiger partial charge in [0.25, 0.3) is 0 Å². The molecule has 0 aromatic heterocycles. The molecule has 0 unspecified atom stereocenters. The molecule has 0 heterocycles. The Kier molecular flexibility index (Phi) is 4.82. The van der Waals surface area contributed by atoms with E-state index in [2.05, 4.69) is 107 Å². The first-order chi connectivity index (χ1) is 11.2. The fraction of sp³-hybridized carbons (Fsp3) is 0.143. The molecule has 3 rings (SSSR count). The Morgan fingerprint density at radius 3 is 2.09 bits per heavy atom. The lowest BCUT2D eigenvalue weighted by atomic mass is 10.0. The number of halogens is 1. The molecule has 0 bridgehead atoms. The van der Waals surface area contributed by atoms with Gasteiger partial charge in [-0.15, -0.1) is 0 Å². The molecule has 0 atom stereocenters. The summed E-state index contributed by atoms with van der Waals surface area (Å²) in [4.78, 5) is 2.35. The molecule has 0 aliphatic carbocycles. The zero-order valence-corrected chi connectivity index (χ0v) is 15.0. The second-order valence-corrected chi connectivity index (χ2v) is 6.50. The molecule has 0 fully saturated rings. The van der Waals surface area contributed by atoms with Gasteiger partial charge in [-0.2, -0.15) is 0 Å². The number of para-hydroxylation sites is 2. The molecular weight excluding hydrogens is 346 g/mol. The van der Waals surface area contributed by atoms with Crippen LogP contribution in [0.15, 0.2) is 77.3 Å². The highest BCUT2D eigenvalue weighted by molar-refractivity contribution is 9.10. The van der Waals surface area contributed by atoms with Crippen molar-refractivity contribution in [2.24, 2.45) is 0 Å². The zero-order valence-electron chi connectivity index (χ0n) is 13.5. The van der Waals surface area contributed by atoms with E-state index in [9.17, 15) is 0 Å². The van der Waals surface area contributed by atoms with Crippen LogP contribution in [0, 0.1) is 6.92 Å². The maximum Gasteiger partial charge on any atom is 0.0522 e. The zero-order chi connectivity index (χ0) is 16.2. The Morgan fingerprint density at radius 2 is 1.43 bits per heavy atom. The Hall–Kier alpha value is -2.06. The van der Waals surface area contributed by atoms with Crippen LogP contribution >= 0.6 is 15.9 Å². The third-order valence-electron chi connectivity index (χ3n) is 4.03. The lowest BCUT2D eigenvalue weighted by Crippen LogP contribution is -2.13. The van der Waals surface area contributed by atoms with E-state index in [1.165, 1.54) is 28.2 Å². The molecule has 0 radical (unpaired) electrons. The summed E-state index contributed by atoms with van der Waals surface area (Å²) < 4.78 is 1.09. The molecule has 1 nitrogen and oxygen atoms in total. The number of rotatable bonds is 4. The summed E-state index contributed by atoms with van der Waals surface area (Å²) in [6.07, 6.45) is 1.01. The van der Waals surface area contributed by atoms with Gasteiger partial charge >= 0.3 is 0 Å². The van der Waals surface area contributed by atoms with Crippen LogP contribution in [0.4, 0.5) is 17.1 Å². The van der Waals surface area contributed by atoms with Crippen LogP contribution in [0.3, 0.4) is 0 Å². The minimum atomic E-state index is 1.01. The smallest absolute Gasteiger partial charge is 0.0522 e. The topological polar surface area (TPSA) is 3.24 Å². The monoisotopic (exact) mass is 365 g/mol. The summed E-state index contributed by atoms with van der Waals surface area (Å²) in [6, 6.07) is 25.6. The largest absolute Gasteiger partial charge is 0.310 e. The average Bonchev–Trinajstić information content (AvgIpc) is 2.59. The maximum absolute atomic E-state index is 3.53. The quantitative estimate of drug-likeness (QED) is 0.491. The van der Waals surface area contributed by atoms with Gasteiger partial charge in [-0.1, -0.05) is 59.3 Å². The third kappa shape index (κ3) is 3.32. The molecule has 2 heteroatoms. The van der Waals surface area contributed by atoms with E-state index < -0.39 is 0 Å². The van der Waals surface area contributed by atoms with Gasteiger partial charge in [-0.05, 0) is 60.9 Å². The molecule has 3 aromatic carbocycles. The Morgan fingerprint density at radius 1 is 0.783 bits per heavy atom. The molecule has 0 amide bonds. The molecule has 0 N–H and O–H groups in total. The van der Waals surface area contributed by atoms with Gasteiger partial charge in [-0.25, -0.2) is 0 Å². The molecule has 0 aliphatic heterocycles. The number of benzene rings is 3. The molecule has 0 saturated heterocycles. The van der Waals surface area contributed by atoms with Crippen molar-refractivity contribution in [3.63, 3.8) is 0 Å². The van der Waals surface area contributed by atoms with Crippen molar-refractivity contribution in [1.82, 2.24) is 0 Å². The molecule has 116 valence electrons. The van der Waals surface area contributed by atoms with E-state index in [0.717, 1.165) is 10.9 Å². The first-order valence-corrected chi connectivity index (χ1v) is 8.69. The van der Waals surface area contributed by atoms with Crippen molar-refractivity contribution in [2.75, 3.05) is 4.90 Å². The molecule has 0 aliphatic rings. The van der Waals surface area contributed by atoms with Crippen LogP contribution in [0.1, 0.15) is 18.1 Å². The van der Waals surface area contributed by atoms with Crippen molar-refractivity contribution in [3.8, 4) is 0 Å². The van der Waals surface area contributed by atoms with Crippen LogP contribution in [0.2, 0.25) is 0 Å². The minimum Gasteiger partial charge on any atom is -0.310 e. The number of hydrogen-bond acceptors (Lipinski definition) is 1. The van der Waals surface area contributed by atoms with Gasteiger partial charge in [0.05, 0.1) is 5.69 Å². The summed E-state index contributed by atoms with van der Waals surface area (Å²) in [7, 11) is 0. The third-order valence-corrected chi connectivity index (χ3v) is 4.55. The van der Waals surface area contributed by atoms with Crippen LogP contribution in [-0.2, 0) is 6.42 Å². The summed E-state index contributed by atoms with van der Waals surface area (Å²) in [5, 5.41) is 0. The summed E-state index contributed by atoms with van der Waals surface area (Å²) in [6.45, 7) is 4.40. The average molecular weight is 366 g/mol. The van der Waals surface area contributed by atoms with Crippen molar-refractivity contribution in [3.05, 3.63) is 88.4 Å². The number of hydrogen-bond donors (Lipinski definition) is 0. The fourth-order valence-corrected chi connectivity index (χ4v) is 3.16. The van der Waals surface area contributed by atoms with Crippen molar-refractivity contribution < 1.29 is 0 Å². The summed E-state index contributed by atoms with van der Waals surface area (Å²) >= 11 is 3.53. The van der Waals surface area contributed by atoms with Gasteiger partial charge < -0.3 is 4.90 Å². The minimum absolute atomic E-state index is 1.01. The molecule has 23 heavy (non-hydrogen) atoms. The number of aryl methyl sites for hydroxylation is 2. The fourth-order valence-electron chi connectivity index (χ4n) is 2.90. The number of anilines is 3. The van der Waals surface area contributed by atoms with Gasteiger partial charge in [0, 0.05) is 15.8 Å². The van der Waals surface area contributed by atoms with E-state index in [-0.39, 0.29) is 0 Å². The predicted molar refractivity (Wildman–Crippen MR) is 103 cm³/mol. The van der Waals surface area contributed by atoms with E-state index in [4.69, 9.17) is 0 Å². The van der Waals surface area contributed by atoms with Gasteiger partial charge in [0.1, 0.15) is 0 Å². The SMILES string of the molecule is CCc1cccc(C)c1N(c1ccccc1)c1ccc(Br)cc1. The second-order valence-electron chi connectivity index (χ2n) is 5.58. The van der Waals surface area contributed by atoms with Crippen molar-refractivity contribution in [1.29, 1.82) is 0 Å². The summed E-state index contributed by atoms with van der Waals surface area (Å²) in [5.41, 5.74) is 6.28. The Labute approximate surface area is 146 Å². The van der Waals surface area contributed by atoms with E-state index in [1.54, 1.807) is 0 Å². The van der Waals surface area contributed by atoms with Gasteiger partial charge in [0.15, 0.2) is 0 Å². The first-order valence-electron chi connectivity index (χ1n) is 7.90. The normalized spacial score (nSPS) is 10.6. The van der Waals surface area contributed by atoms with Crippen LogP contribution in [0.25, 0.3) is 0 Å². The van der Waals surface area contributed by atoms with E-state index in [1.807, 2.05) is 0 Å². The van der Waals surface area contributed by atoms with E-state index >= 15 is 0 Å². The van der Waals surface area contributed by atoms with Crippen molar-refractivity contribution in [2.45, 2.75) is 20.3 Å². The lowest BCUT2D eigenvalue weighted by Gasteiger charge is -2.29. The predicted octanol–water partition coefficient (Wildman–Crippen LogP) is 6.79. The van der Waals surface area contributed by atoms with Gasteiger partial charge in [0.2, 0.25) is 0 Å². The van der Waals surface area contributed by atoms with Crippen molar-refractivity contribution >= 4 is 33.0 Å². The van der Waals surface area contributed by atoms with E-state index in [0.29, 0.717) is 0 Å². The van der Waals surface area contributed by atoms with Crippen LogP contribution in [0.5, 0.6) is 0 Å². The van der Waals surface area contributed by atoms with Crippen LogP contribution < -0.4 is 4.90 Å². The Balaban J connectivity index is 2.23. The standard InChI is InChI=1S/C21H20BrN/c1-3-17-9-7-8-16(2)21(17)23(19-10-5-4-6-11-19)20-14-12-18(22)13-15-20/h4-15H,3H2,1-2H3. The molecule has 0 saturated carbocycles. The van der Waals surface area contributed by atoms with Crippen LogP contribution in [-0.4, -0.2) is 0 Å². The molecule has 0 spiro atoms. The molecule has 3 aromatic rings. The second kappa shape index (κ2) is 7.01. The highest BCUT2D eigenvalue weighted by Crippen LogP contribution is 2.39. The highest BCUT2D eigenvalue weighted by Gasteiger charge is 2.17. The van der Waals surface area contributed by atoms with Gasteiger partial charge in [-0.3, -0.25) is 0 Å². The maximum atomic E-state index is 3.53. The number of nitrogens with zero attached hydrogens (tertiary/aromatic N) is 1. The first kappa shape index (κ1) is 15.8. The molecular formula is C21H20BrN. The summed E-state index contributed by atoms with van der Waals surface area (Å²) in [5.74, 6) is 0. The highest BCUT2D eigenvalue weighted by atomic mass is 79.9. The lowest BCUT2D eigenvalue weighted by molar-refractivity contribution is 1.10. The Bertz CT molecular complexity index is 779.